The van der Waals surface area contributed by atoms with Crippen LogP contribution in [0.25, 0.3) is 0 Å². The van der Waals surface area contributed by atoms with E-state index in [1.165, 1.54) is 6.07 Å². The Kier molecular flexibility index (Phi) is 4.19. The third-order valence-electron chi connectivity index (χ3n) is 3.50. The van der Waals surface area contributed by atoms with E-state index >= 15 is 0 Å². The van der Waals surface area contributed by atoms with E-state index in [1.54, 1.807) is 19.2 Å². The van der Waals surface area contributed by atoms with E-state index in [9.17, 15) is 13.2 Å². The molecule has 1 atom stereocenters. The fourth-order valence-corrected chi connectivity index (χ4v) is 2.58. The van der Waals surface area contributed by atoms with Crippen LogP contribution in [0.3, 0.4) is 0 Å². The summed E-state index contributed by atoms with van der Waals surface area (Å²) in [5.41, 5.74) is -0.722. The van der Waals surface area contributed by atoms with Crippen LogP contribution in [0, 0.1) is 11.3 Å². The average molecular weight is 284 g/mol. The minimum absolute atomic E-state index is 0.0917. The maximum absolute atomic E-state index is 13.0. The molecule has 2 rings (SSSR count). The summed E-state index contributed by atoms with van der Waals surface area (Å²) in [7, 11) is 1.58. The van der Waals surface area contributed by atoms with E-state index < -0.39 is 11.7 Å². The first kappa shape index (κ1) is 14.7. The molecule has 0 aliphatic carbocycles. The quantitative estimate of drug-likeness (QED) is 0.855. The van der Waals surface area contributed by atoms with Crippen LogP contribution in [0.2, 0.25) is 0 Å². The van der Waals surface area contributed by atoms with Gasteiger partial charge in [-0.25, -0.2) is 0 Å². The van der Waals surface area contributed by atoms with Crippen LogP contribution in [0.4, 0.5) is 18.9 Å². The second kappa shape index (κ2) is 5.71. The third kappa shape index (κ3) is 2.88. The number of rotatable bonds is 3. The number of nitriles is 1. The Bertz CT molecular complexity index is 522. The monoisotopic (exact) mass is 284 g/mol. The molecular formula is C14H15F3N2O. The molecule has 1 aliphatic rings. The molecule has 0 spiro atoms. The van der Waals surface area contributed by atoms with Crippen molar-refractivity contribution in [1.82, 2.24) is 0 Å². The van der Waals surface area contributed by atoms with Crippen molar-refractivity contribution < 1.29 is 17.9 Å². The summed E-state index contributed by atoms with van der Waals surface area (Å²) in [5, 5.41) is 8.79. The van der Waals surface area contributed by atoms with Gasteiger partial charge in [0.15, 0.2) is 0 Å². The molecule has 0 N–H and O–H groups in total. The van der Waals surface area contributed by atoms with Crippen molar-refractivity contribution in [1.29, 1.82) is 5.26 Å². The first-order valence-corrected chi connectivity index (χ1v) is 6.34. The summed E-state index contributed by atoms with van der Waals surface area (Å²) < 4.78 is 44.0. The zero-order chi connectivity index (χ0) is 14.8. The zero-order valence-electron chi connectivity index (χ0n) is 11.1. The number of ether oxygens (including phenoxy) is 1. The van der Waals surface area contributed by atoms with Gasteiger partial charge in [-0.3, -0.25) is 0 Å². The Hall–Kier alpha value is -1.74. The molecule has 20 heavy (non-hydrogen) atoms. The van der Waals surface area contributed by atoms with E-state index in [2.05, 4.69) is 0 Å². The number of anilines is 1. The molecule has 1 heterocycles. The lowest BCUT2D eigenvalue weighted by molar-refractivity contribution is -0.137. The van der Waals surface area contributed by atoms with Crippen molar-refractivity contribution in [2.24, 2.45) is 0 Å². The number of hydrogen-bond donors (Lipinski definition) is 0. The molecular weight excluding hydrogens is 269 g/mol. The number of benzene rings is 1. The smallest absolute Gasteiger partial charge is 0.383 e. The van der Waals surface area contributed by atoms with Crippen LogP contribution in [-0.2, 0) is 10.9 Å². The number of hydrogen-bond acceptors (Lipinski definition) is 3. The Morgan fingerprint density at radius 2 is 2.20 bits per heavy atom. The summed E-state index contributed by atoms with van der Waals surface area (Å²) in [4.78, 5) is 1.92. The van der Waals surface area contributed by atoms with Gasteiger partial charge in [-0.15, -0.1) is 0 Å². The van der Waals surface area contributed by atoms with Gasteiger partial charge >= 0.3 is 6.18 Å². The number of nitrogens with zero attached hydrogens (tertiary/aromatic N) is 2. The highest BCUT2D eigenvalue weighted by Crippen LogP contribution is 2.36. The third-order valence-corrected chi connectivity index (χ3v) is 3.50. The van der Waals surface area contributed by atoms with Crippen molar-refractivity contribution in [3.8, 4) is 6.07 Å². The van der Waals surface area contributed by atoms with Crippen LogP contribution in [0.1, 0.15) is 24.0 Å². The van der Waals surface area contributed by atoms with Gasteiger partial charge in [-0.05, 0) is 31.0 Å². The van der Waals surface area contributed by atoms with Crippen LogP contribution in [0.5, 0.6) is 0 Å². The lowest BCUT2D eigenvalue weighted by Crippen LogP contribution is -2.33. The van der Waals surface area contributed by atoms with Crippen molar-refractivity contribution >= 4 is 5.69 Å². The van der Waals surface area contributed by atoms with E-state index in [0.29, 0.717) is 18.8 Å². The number of alkyl halides is 3. The molecule has 6 heteroatoms. The summed E-state index contributed by atoms with van der Waals surface area (Å²) in [6, 6.07) is 5.55. The van der Waals surface area contributed by atoms with Gasteiger partial charge in [0.2, 0.25) is 0 Å². The van der Waals surface area contributed by atoms with Gasteiger partial charge in [0, 0.05) is 19.3 Å². The van der Waals surface area contributed by atoms with Crippen LogP contribution in [-0.4, -0.2) is 26.3 Å². The zero-order valence-corrected chi connectivity index (χ0v) is 11.1. The molecule has 0 amide bonds. The van der Waals surface area contributed by atoms with Crippen LogP contribution < -0.4 is 4.90 Å². The minimum atomic E-state index is -4.52. The first-order chi connectivity index (χ1) is 9.47. The average Bonchev–Trinajstić information content (AvgIpc) is 2.85. The van der Waals surface area contributed by atoms with Crippen LogP contribution >= 0.6 is 0 Å². The lowest BCUT2D eigenvalue weighted by Gasteiger charge is -2.27. The van der Waals surface area contributed by atoms with Gasteiger partial charge in [0.05, 0.1) is 29.8 Å². The predicted octanol–water partition coefficient (Wildman–Crippen LogP) is 3.19. The first-order valence-electron chi connectivity index (χ1n) is 6.34. The van der Waals surface area contributed by atoms with Crippen LogP contribution in [0.15, 0.2) is 18.2 Å². The fourth-order valence-electron chi connectivity index (χ4n) is 2.58. The summed E-state index contributed by atoms with van der Waals surface area (Å²) >= 11 is 0. The Morgan fingerprint density at radius 3 is 2.80 bits per heavy atom. The molecule has 1 aliphatic heterocycles. The van der Waals surface area contributed by atoms with Gasteiger partial charge in [0.25, 0.3) is 0 Å². The molecule has 1 unspecified atom stereocenters. The molecule has 108 valence electrons. The second-order valence-corrected chi connectivity index (χ2v) is 4.78. The van der Waals surface area contributed by atoms with Gasteiger partial charge in [0.1, 0.15) is 0 Å². The van der Waals surface area contributed by atoms with Crippen molar-refractivity contribution in [2.45, 2.75) is 25.1 Å². The molecule has 0 aromatic heterocycles. The highest BCUT2D eigenvalue weighted by molar-refractivity contribution is 5.56. The van der Waals surface area contributed by atoms with Gasteiger partial charge in [-0.1, -0.05) is 0 Å². The van der Waals surface area contributed by atoms with E-state index in [1.807, 2.05) is 4.90 Å². The van der Waals surface area contributed by atoms with Gasteiger partial charge < -0.3 is 9.64 Å². The van der Waals surface area contributed by atoms with Gasteiger partial charge in [-0.2, -0.15) is 18.4 Å². The SMILES string of the molecule is COCC1CCCN1c1ccc(C#N)c(C(F)(F)F)c1. The fraction of sp³-hybridized carbons (Fsp3) is 0.500. The predicted molar refractivity (Wildman–Crippen MR) is 68.4 cm³/mol. The molecule has 1 aromatic rings. The minimum Gasteiger partial charge on any atom is -0.383 e. The standard InChI is InChI=1S/C14H15F3N2O/c1-20-9-12-3-2-6-19(12)11-5-4-10(8-18)13(7-11)14(15,16)17/h4-5,7,12H,2-3,6,9H2,1H3. The molecule has 3 nitrogen and oxygen atoms in total. The Morgan fingerprint density at radius 1 is 1.45 bits per heavy atom. The maximum atomic E-state index is 13.0. The number of methoxy groups -OCH3 is 1. The molecule has 0 bridgehead atoms. The Balaban J connectivity index is 2.36. The highest BCUT2D eigenvalue weighted by Gasteiger charge is 2.35. The summed E-state index contributed by atoms with van der Waals surface area (Å²) in [6.45, 7) is 1.19. The molecule has 0 radical (unpaired) electrons. The van der Waals surface area contributed by atoms with Crippen molar-refractivity contribution in [3.63, 3.8) is 0 Å². The van der Waals surface area contributed by atoms with Crippen molar-refractivity contribution in [2.75, 3.05) is 25.2 Å². The topological polar surface area (TPSA) is 36.3 Å². The Labute approximate surface area is 115 Å². The largest absolute Gasteiger partial charge is 0.417 e. The van der Waals surface area contributed by atoms with E-state index in [-0.39, 0.29) is 11.6 Å². The highest BCUT2D eigenvalue weighted by atomic mass is 19.4. The van der Waals surface area contributed by atoms with Crippen molar-refractivity contribution in [3.05, 3.63) is 29.3 Å². The van der Waals surface area contributed by atoms with E-state index in [4.69, 9.17) is 10.00 Å². The molecule has 1 fully saturated rings. The second-order valence-electron chi connectivity index (χ2n) is 4.78. The maximum Gasteiger partial charge on any atom is 0.417 e. The molecule has 1 saturated heterocycles. The number of halogens is 3. The normalized spacial score (nSPS) is 19.1. The van der Waals surface area contributed by atoms with E-state index in [0.717, 1.165) is 18.9 Å². The lowest BCUT2D eigenvalue weighted by atomic mass is 10.1. The molecule has 0 saturated carbocycles. The summed E-state index contributed by atoms with van der Waals surface area (Å²) in [5.74, 6) is 0. The molecule has 1 aromatic carbocycles. The summed E-state index contributed by atoms with van der Waals surface area (Å²) in [6.07, 6.45) is -2.69.